The molecule has 9 aromatic rings. The number of nitrogens with zero attached hydrogens (tertiary/aromatic N) is 4. The van der Waals surface area contributed by atoms with Gasteiger partial charge in [-0.15, -0.1) is 11.3 Å². The normalized spacial score (nSPS) is 11.6. The predicted octanol–water partition coefficient (Wildman–Crippen LogP) is 10.3. The Morgan fingerprint density at radius 2 is 1.07 bits per heavy atom. The number of benzene rings is 6. The molecule has 0 bridgehead atoms. The Hall–Kier alpha value is -5.65. The Labute approximate surface area is 257 Å². The quantitative estimate of drug-likeness (QED) is 0.208. The first-order chi connectivity index (χ1) is 21.8. The molecule has 6 aromatic carbocycles. The molecular weight excluding hydrogens is 557 g/mol. The third kappa shape index (κ3) is 3.94. The minimum atomic E-state index is 0.658. The van der Waals surface area contributed by atoms with Crippen molar-refractivity contribution in [1.29, 1.82) is 0 Å². The van der Waals surface area contributed by atoms with Gasteiger partial charge in [0.05, 0.1) is 11.0 Å². The number of rotatable bonds is 4. The van der Waals surface area contributed by atoms with Gasteiger partial charge in [0.15, 0.2) is 17.5 Å². The third-order valence-electron chi connectivity index (χ3n) is 8.26. The molecule has 0 fully saturated rings. The molecule has 9 rings (SSSR count). The molecule has 206 valence electrons. The maximum absolute atomic E-state index is 5.17. The van der Waals surface area contributed by atoms with Crippen molar-refractivity contribution < 1.29 is 0 Å². The van der Waals surface area contributed by atoms with Gasteiger partial charge in [-0.2, -0.15) is 0 Å². The summed E-state index contributed by atoms with van der Waals surface area (Å²) in [6.07, 6.45) is 0. The average Bonchev–Trinajstić information content (AvgIpc) is 3.64. The topological polar surface area (TPSA) is 43.6 Å². The summed E-state index contributed by atoms with van der Waals surface area (Å²) in [6, 6.07) is 50.8. The minimum absolute atomic E-state index is 0.658. The number of hydrogen-bond acceptors (Lipinski definition) is 4. The van der Waals surface area contributed by atoms with Crippen LogP contribution in [0.2, 0.25) is 0 Å². The molecule has 0 saturated heterocycles. The molecule has 0 radical (unpaired) electrons. The fourth-order valence-electron chi connectivity index (χ4n) is 6.27. The third-order valence-corrected chi connectivity index (χ3v) is 9.39. The first-order valence-electron chi connectivity index (χ1n) is 14.6. The van der Waals surface area contributed by atoms with Gasteiger partial charge < -0.3 is 4.57 Å². The summed E-state index contributed by atoms with van der Waals surface area (Å²) in [4.78, 5) is 15.3. The first kappa shape index (κ1) is 24.9. The van der Waals surface area contributed by atoms with E-state index in [0.717, 1.165) is 44.2 Å². The van der Waals surface area contributed by atoms with E-state index in [1.165, 1.54) is 20.2 Å². The summed E-state index contributed by atoms with van der Waals surface area (Å²) in [6.45, 7) is 0. The van der Waals surface area contributed by atoms with Crippen LogP contribution in [0.15, 0.2) is 146 Å². The lowest BCUT2D eigenvalue weighted by Gasteiger charge is -2.10. The molecule has 5 heteroatoms. The second kappa shape index (κ2) is 9.97. The summed E-state index contributed by atoms with van der Waals surface area (Å²) >= 11 is 1.80. The molecule has 3 heterocycles. The van der Waals surface area contributed by atoms with Gasteiger partial charge >= 0.3 is 0 Å². The molecule has 0 aliphatic rings. The SMILES string of the molecule is c1ccc(-c2nc(-c3ccc4c(c3)sc3ccccc34)nc(-c3cccc4c3c3ccccc3n4-c3ccccc3)n2)cc1. The molecule has 44 heavy (non-hydrogen) atoms. The first-order valence-corrected chi connectivity index (χ1v) is 15.4. The van der Waals surface area contributed by atoms with Crippen LogP contribution in [0.4, 0.5) is 0 Å². The van der Waals surface area contributed by atoms with Gasteiger partial charge in [-0.05, 0) is 36.4 Å². The van der Waals surface area contributed by atoms with Crippen LogP contribution >= 0.6 is 11.3 Å². The van der Waals surface area contributed by atoms with E-state index >= 15 is 0 Å². The highest BCUT2D eigenvalue weighted by Crippen LogP contribution is 2.39. The lowest BCUT2D eigenvalue weighted by molar-refractivity contribution is 1.08. The van der Waals surface area contributed by atoms with Gasteiger partial charge in [0.1, 0.15) is 0 Å². The zero-order valence-electron chi connectivity index (χ0n) is 23.6. The Morgan fingerprint density at radius 3 is 1.91 bits per heavy atom. The molecule has 0 N–H and O–H groups in total. The van der Waals surface area contributed by atoms with E-state index in [9.17, 15) is 0 Å². The van der Waals surface area contributed by atoms with Crippen LogP contribution in [0.1, 0.15) is 0 Å². The zero-order chi connectivity index (χ0) is 29.0. The van der Waals surface area contributed by atoms with E-state index in [0.29, 0.717) is 17.5 Å². The number of aromatic nitrogens is 4. The Morgan fingerprint density at radius 1 is 0.432 bits per heavy atom. The molecule has 0 aliphatic heterocycles. The van der Waals surface area contributed by atoms with Gasteiger partial charge in [0.2, 0.25) is 0 Å². The smallest absolute Gasteiger partial charge is 0.164 e. The van der Waals surface area contributed by atoms with Crippen LogP contribution in [0.3, 0.4) is 0 Å². The molecule has 4 nitrogen and oxygen atoms in total. The molecule has 0 atom stereocenters. The van der Waals surface area contributed by atoms with Crippen molar-refractivity contribution in [3.05, 3.63) is 146 Å². The van der Waals surface area contributed by atoms with Gasteiger partial charge in [0, 0.05) is 53.3 Å². The van der Waals surface area contributed by atoms with Crippen molar-refractivity contribution in [2.45, 2.75) is 0 Å². The monoisotopic (exact) mass is 580 g/mol. The summed E-state index contributed by atoms with van der Waals surface area (Å²) in [7, 11) is 0. The Bertz CT molecular complexity index is 2490. The Balaban J connectivity index is 1.31. The van der Waals surface area contributed by atoms with Gasteiger partial charge in [-0.25, -0.2) is 15.0 Å². The Kier molecular flexibility index (Phi) is 5.64. The van der Waals surface area contributed by atoms with Crippen molar-refractivity contribution in [3.63, 3.8) is 0 Å². The van der Waals surface area contributed by atoms with Crippen LogP contribution in [0.25, 0.3) is 81.8 Å². The highest BCUT2D eigenvalue weighted by molar-refractivity contribution is 7.25. The lowest BCUT2D eigenvalue weighted by Crippen LogP contribution is -2.00. The molecular formula is C39H24N4S. The van der Waals surface area contributed by atoms with Gasteiger partial charge in [-0.1, -0.05) is 109 Å². The van der Waals surface area contributed by atoms with Crippen molar-refractivity contribution in [2.24, 2.45) is 0 Å². The van der Waals surface area contributed by atoms with E-state index in [1.807, 2.05) is 18.2 Å². The number of fused-ring (bicyclic) bond motifs is 6. The minimum Gasteiger partial charge on any atom is -0.309 e. The van der Waals surface area contributed by atoms with Crippen LogP contribution < -0.4 is 0 Å². The fourth-order valence-corrected chi connectivity index (χ4v) is 7.41. The van der Waals surface area contributed by atoms with E-state index < -0.39 is 0 Å². The van der Waals surface area contributed by atoms with Gasteiger partial charge in [-0.3, -0.25) is 0 Å². The summed E-state index contributed by atoms with van der Waals surface area (Å²) in [5.74, 6) is 1.98. The molecule has 0 aliphatic carbocycles. The zero-order valence-corrected chi connectivity index (χ0v) is 24.4. The van der Waals surface area contributed by atoms with Crippen LogP contribution in [-0.4, -0.2) is 19.5 Å². The summed E-state index contributed by atoms with van der Waals surface area (Å²) in [5, 5.41) is 4.83. The fraction of sp³-hybridized carbons (Fsp3) is 0. The highest BCUT2D eigenvalue weighted by atomic mass is 32.1. The number of thiophene rings is 1. The number of hydrogen-bond donors (Lipinski definition) is 0. The molecule has 3 aromatic heterocycles. The molecule has 0 amide bonds. The van der Waals surface area contributed by atoms with E-state index in [2.05, 4.69) is 132 Å². The second-order valence-corrected chi connectivity index (χ2v) is 12.0. The van der Waals surface area contributed by atoms with E-state index in [1.54, 1.807) is 11.3 Å². The predicted molar refractivity (Wildman–Crippen MR) is 183 cm³/mol. The second-order valence-electron chi connectivity index (χ2n) is 10.9. The van der Waals surface area contributed by atoms with Crippen molar-refractivity contribution >= 4 is 53.3 Å². The highest BCUT2D eigenvalue weighted by Gasteiger charge is 2.19. The van der Waals surface area contributed by atoms with Gasteiger partial charge in [0.25, 0.3) is 0 Å². The van der Waals surface area contributed by atoms with Crippen LogP contribution in [0.5, 0.6) is 0 Å². The van der Waals surface area contributed by atoms with E-state index in [4.69, 9.17) is 15.0 Å². The lowest BCUT2D eigenvalue weighted by atomic mass is 10.1. The van der Waals surface area contributed by atoms with Crippen molar-refractivity contribution in [2.75, 3.05) is 0 Å². The molecule has 0 saturated carbocycles. The maximum atomic E-state index is 5.17. The van der Waals surface area contributed by atoms with Crippen LogP contribution in [-0.2, 0) is 0 Å². The van der Waals surface area contributed by atoms with E-state index in [-0.39, 0.29) is 0 Å². The molecule has 0 spiro atoms. The van der Waals surface area contributed by atoms with Crippen molar-refractivity contribution in [1.82, 2.24) is 19.5 Å². The summed E-state index contributed by atoms with van der Waals surface area (Å²) in [5.41, 5.74) is 6.30. The maximum Gasteiger partial charge on any atom is 0.164 e. The largest absolute Gasteiger partial charge is 0.309 e. The number of para-hydroxylation sites is 2. The standard InChI is InChI=1S/C39H24N4S/c1-3-12-25(13-4-1)37-40-38(26-22-23-29-28-16-8-10-21-34(28)44-35(29)24-26)42-39(41-37)31-18-11-20-33-36(31)30-17-7-9-19-32(30)43(33)27-14-5-2-6-15-27/h1-24H. The summed E-state index contributed by atoms with van der Waals surface area (Å²) < 4.78 is 4.83. The van der Waals surface area contributed by atoms with Crippen LogP contribution in [0, 0.1) is 0 Å². The average molecular weight is 581 g/mol. The molecule has 0 unspecified atom stereocenters. The van der Waals surface area contributed by atoms with Crippen molar-refractivity contribution in [3.8, 4) is 39.9 Å².